The highest BCUT2D eigenvalue weighted by Crippen LogP contribution is 2.30. The first-order valence-corrected chi connectivity index (χ1v) is 7.24. The quantitative estimate of drug-likeness (QED) is 0.577. The smallest absolute Gasteiger partial charge is 0.295 e. The summed E-state index contributed by atoms with van der Waals surface area (Å²) in [5.74, 6) is -0.488. The SMILES string of the molecule is CC(C)CNC(=O)CCNc1cc(Br)c(F)cc1[N+](=O)[O-]. The zero-order valence-corrected chi connectivity index (χ0v) is 13.4. The number of rotatable bonds is 7. The number of amides is 1. The Morgan fingerprint density at radius 3 is 2.71 bits per heavy atom. The van der Waals surface area contributed by atoms with Crippen LogP contribution in [0.3, 0.4) is 0 Å². The second kappa shape index (κ2) is 7.92. The first kappa shape index (κ1) is 17.4. The fraction of sp³-hybridized carbons (Fsp3) is 0.462. The first-order chi connectivity index (χ1) is 9.81. The predicted molar refractivity (Wildman–Crippen MR) is 81.7 cm³/mol. The summed E-state index contributed by atoms with van der Waals surface area (Å²) in [6, 6.07) is 2.13. The molecule has 0 atom stereocenters. The van der Waals surface area contributed by atoms with E-state index in [-0.39, 0.29) is 34.7 Å². The molecular weight excluding hydrogens is 345 g/mol. The maximum atomic E-state index is 13.3. The first-order valence-electron chi connectivity index (χ1n) is 6.45. The Kier molecular flexibility index (Phi) is 6.54. The van der Waals surface area contributed by atoms with Crippen LogP contribution >= 0.6 is 15.9 Å². The molecule has 0 radical (unpaired) electrons. The lowest BCUT2D eigenvalue weighted by Crippen LogP contribution is -2.28. The Balaban J connectivity index is 2.61. The zero-order valence-electron chi connectivity index (χ0n) is 11.8. The number of nitrogens with zero attached hydrogens (tertiary/aromatic N) is 1. The molecule has 1 rings (SSSR count). The molecule has 0 bridgehead atoms. The third-order valence-corrected chi connectivity index (χ3v) is 3.22. The van der Waals surface area contributed by atoms with Crippen molar-refractivity contribution in [3.63, 3.8) is 0 Å². The van der Waals surface area contributed by atoms with Gasteiger partial charge in [-0.25, -0.2) is 4.39 Å². The molecular formula is C13H17BrFN3O3. The summed E-state index contributed by atoms with van der Waals surface area (Å²) >= 11 is 2.97. The maximum Gasteiger partial charge on any atom is 0.295 e. The second-order valence-electron chi connectivity index (χ2n) is 4.92. The van der Waals surface area contributed by atoms with E-state index in [0.29, 0.717) is 12.5 Å². The Morgan fingerprint density at radius 1 is 1.48 bits per heavy atom. The van der Waals surface area contributed by atoms with E-state index in [2.05, 4.69) is 26.6 Å². The van der Waals surface area contributed by atoms with Crippen LogP contribution in [-0.4, -0.2) is 23.9 Å². The molecule has 0 fully saturated rings. The summed E-state index contributed by atoms with van der Waals surface area (Å²) in [6.07, 6.45) is 0.179. The summed E-state index contributed by atoms with van der Waals surface area (Å²) in [4.78, 5) is 21.7. The predicted octanol–water partition coefficient (Wildman–Crippen LogP) is 3.07. The molecule has 1 aromatic carbocycles. The van der Waals surface area contributed by atoms with Crippen LogP contribution in [0, 0.1) is 21.8 Å². The number of nitro groups is 1. The molecule has 8 heteroatoms. The molecule has 0 spiro atoms. The molecule has 0 aromatic heterocycles. The maximum absolute atomic E-state index is 13.3. The number of hydrogen-bond donors (Lipinski definition) is 2. The Morgan fingerprint density at radius 2 is 2.14 bits per heavy atom. The van der Waals surface area contributed by atoms with Gasteiger partial charge in [0.15, 0.2) is 0 Å². The van der Waals surface area contributed by atoms with E-state index in [1.165, 1.54) is 6.07 Å². The highest BCUT2D eigenvalue weighted by molar-refractivity contribution is 9.10. The number of carbonyl (C=O) groups excluding carboxylic acids is 1. The van der Waals surface area contributed by atoms with E-state index >= 15 is 0 Å². The van der Waals surface area contributed by atoms with Crippen LogP contribution in [0.1, 0.15) is 20.3 Å². The number of anilines is 1. The third kappa shape index (κ3) is 5.66. The average Bonchev–Trinajstić information content (AvgIpc) is 2.39. The number of carbonyl (C=O) groups is 1. The molecule has 21 heavy (non-hydrogen) atoms. The van der Waals surface area contributed by atoms with Crippen LogP contribution in [0.25, 0.3) is 0 Å². The van der Waals surface area contributed by atoms with Gasteiger partial charge in [0.05, 0.1) is 15.5 Å². The molecule has 0 aliphatic carbocycles. The van der Waals surface area contributed by atoms with Gasteiger partial charge >= 0.3 is 0 Å². The summed E-state index contributed by atoms with van der Waals surface area (Å²) < 4.78 is 13.4. The van der Waals surface area contributed by atoms with Gasteiger partial charge in [0, 0.05) is 19.5 Å². The van der Waals surface area contributed by atoms with Gasteiger partial charge in [-0.15, -0.1) is 0 Å². The fourth-order valence-electron chi connectivity index (χ4n) is 1.55. The normalized spacial score (nSPS) is 10.5. The third-order valence-electron chi connectivity index (χ3n) is 2.61. The summed E-state index contributed by atoms with van der Waals surface area (Å²) in [6.45, 7) is 4.78. The van der Waals surface area contributed by atoms with Gasteiger partial charge in [-0.3, -0.25) is 14.9 Å². The lowest BCUT2D eigenvalue weighted by molar-refractivity contribution is -0.384. The van der Waals surface area contributed by atoms with Crippen molar-refractivity contribution in [2.45, 2.75) is 20.3 Å². The number of benzene rings is 1. The van der Waals surface area contributed by atoms with Crippen molar-refractivity contribution in [3.8, 4) is 0 Å². The van der Waals surface area contributed by atoms with Gasteiger partial charge < -0.3 is 10.6 Å². The van der Waals surface area contributed by atoms with E-state index in [0.717, 1.165) is 6.07 Å². The Labute approximate surface area is 130 Å². The van der Waals surface area contributed by atoms with Crippen molar-refractivity contribution < 1.29 is 14.1 Å². The molecule has 0 aliphatic rings. The standard InChI is InChI=1S/C13H17BrFN3O3/c1-8(2)7-17-13(19)3-4-16-11-5-9(14)10(15)6-12(11)18(20)21/h5-6,8,16H,3-4,7H2,1-2H3,(H,17,19). The van der Waals surface area contributed by atoms with Crippen LogP contribution in [0.4, 0.5) is 15.8 Å². The molecule has 0 aliphatic heterocycles. The molecule has 0 saturated carbocycles. The van der Waals surface area contributed by atoms with Crippen molar-refractivity contribution in [3.05, 3.63) is 32.5 Å². The topological polar surface area (TPSA) is 84.3 Å². The monoisotopic (exact) mass is 361 g/mol. The van der Waals surface area contributed by atoms with Gasteiger partial charge in [-0.2, -0.15) is 0 Å². The summed E-state index contributed by atoms with van der Waals surface area (Å²) in [5.41, 5.74) is -0.191. The van der Waals surface area contributed by atoms with Gasteiger partial charge in [0.1, 0.15) is 11.5 Å². The Hall–Kier alpha value is -1.70. The van der Waals surface area contributed by atoms with Gasteiger partial charge in [-0.05, 0) is 27.9 Å². The summed E-state index contributed by atoms with van der Waals surface area (Å²) in [7, 11) is 0. The van der Waals surface area contributed by atoms with Crippen LogP contribution in [0.2, 0.25) is 0 Å². The molecule has 116 valence electrons. The van der Waals surface area contributed by atoms with Gasteiger partial charge in [-0.1, -0.05) is 13.8 Å². The lowest BCUT2D eigenvalue weighted by atomic mass is 10.2. The molecule has 1 aromatic rings. The van der Waals surface area contributed by atoms with Crippen molar-refractivity contribution in [2.24, 2.45) is 5.92 Å². The molecule has 1 amide bonds. The average molecular weight is 362 g/mol. The molecule has 0 heterocycles. The molecule has 0 unspecified atom stereocenters. The van der Waals surface area contributed by atoms with Crippen molar-refractivity contribution in [1.82, 2.24) is 5.32 Å². The fourth-order valence-corrected chi connectivity index (χ4v) is 1.89. The van der Waals surface area contributed by atoms with Gasteiger partial charge in [0.2, 0.25) is 5.91 Å². The van der Waals surface area contributed by atoms with Crippen LogP contribution in [0.15, 0.2) is 16.6 Å². The van der Waals surface area contributed by atoms with Crippen LogP contribution < -0.4 is 10.6 Å². The largest absolute Gasteiger partial charge is 0.379 e. The lowest BCUT2D eigenvalue weighted by Gasteiger charge is -2.10. The van der Waals surface area contributed by atoms with Crippen LogP contribution in [0.5, 0.6) is 0 Å². The Bertz CT molecular complexity index is 538. The minimum absolute atomic E-state index is 0.125. The number of halogens is 2. The number of nitrogens with one attached hydrogen (secondary N) is 2. The van der Waals surface area contributed by atoms with Crippen molar-refractivity contribution in [1.29, 1.82) is 0 Å². The van der Waals surface area contributed by atoms with E-state index in [4.69, 9.17) is 0 Å². The van der Waals surface area contributed by atoms with E-state index < -0.39 is 10.7 Å². The number of nitro benzene ring substituents is 1. The van der Waals surface area contributed by atoms with E-state index in [9.17, 15) is 19.3 Å². The minimum atomic E-state index is -0.707. The van der Waals surface area contributed by atoms with Crippen molar-refractivity contribution in [2.75, 3.05) is 18.4 Å². The van der Waals surface area contributed by atoms with Crippen molar-refractivity contribution >= 4 is 33.2 Å². The highest BCUT2D eigenvalue weighted by atomic mass is 79.9. The van der Waals surface area contributed by atoms with E-state index in [1.54, 1.807) is 0 Å². The molecule has 0 saturated heterocycles. The highest BCUT2D eigenvalue weighted by Gasteiger charge is 2.17. The summed E-state index contributed by atoms with van der Waals surface area (Å²) in [5, 5.41) is 16.4. The zero-order chi connectivity index (χ0) is 16.0. The minimum Gasteiger partial charge on any atom is -0.379 e. The second-order valence-corrected chi connectivity index (χ2v) is 5.77. The van der Waals surface area contributed by atoms with Crippen LogP contribution in [-0.2, 0) is 4.79 Å². The molecule has 2 N–H and O–H groups in total. The number of hydrogen-bond acceptors (Lipinski definition) is 4. The van der Waals surface area contributed by atoms with Gasteiger partial charge in [0.25, 0.3) is 5.69 Å². The molecule has 6 nitrogen and oxygen atoms in total. The van der Waals surface area contributed by atoms with E-state index in [1.807, 2.05) is 13.8 Å².